The minimum atomic E-state index is -0.507. The lowest BCUT2D eigenvalue weighted by molar-refractivity contribution is -0.112. The van der Waals surface area contributed by atoms with Gasteiger partial charge in [-0.1, -0.05) is 46.9 Å². The van der Waals surface area contributed by atoms with Crippen LogP contribution in [-0.2, 0) is 11.4 Å². The Labute approximate surface area is 234 Å². The molecule has 0 atom stereocenters. The van der Waals surface area contributed by atoms with Gasteiger partial charge in [-0.05, 0) is 111 Å². The van der Waals surface area contributed by atoms with Crippen LogP contribution in [0.4, 0.5) is 5.69 Å². The molecule has 1 N–H and O–H groups in total. The third kappa shape index (κ3) is 6.76. The first-order valence-corrected chi connectivity index (χ1v) is 12.7. The number of nitrogens with one attached hydrogen (secondary N) is 1. The van der Waals surface area contributed by atoms with Gasteiger partial charge < -0.3 is 10.1 Å². The van der Waals surface area contributed by atoms with Gasteiger partial charge in [-0.2, -0.15) is 5.26 Å². The van der Waals surface area contributed by atoms with Crippen molar-refractivity contribution in [2.45, 2.75) is 13.5 Å². The zero-order chi connectivity index (χ0) is 24.1. The van der Waals surface area contributed by atoms with Gasteiger partial charge in [-0.15, -0.1) is 0 Å². The molecule has 0 fully saturated rings. The molecule has 0 radical (unpaired) electrons. The largest absolute Gasteiger partial charge is 0.487 e. The molecule has 168 valence electrons. The maximum atomic E-state index is 12.7. The SMILES string of the molecule is Cc1c(Cl)cccc1NC(=O)/C(C#N)=C/c1cc(I)c(OCc2ccc(Cl)c(Cl)c2)c(I)c1. The predicted octanol–water partition coefficient (Wildman–Crippen LogP) is 8.29. The number of hydrogen-bond donors (Lipinski definition) is 1. The number of carbonyl (C=O) groups is 1. The van der Waals surface area contributed by atoms with E-state index in [1.807, 2.05) is 24.3 Å². The van der Waals surface area contributed by atoms with Crippen LogP contribution in [0.3, 0.4) is 0 Å². The molecule has 3 aromatic rings. The van der Waals surface area contributed by atoms with Crippen LogP contribution in [0.5, 0.6) is 5.75 Å². The summed E-state index contributed by atoms with van der Waals surface area (Å²) in [4.78, 5) is 12.7. The minimum absolute atomic E-state index is 0.0227. The summed E-state index contributed by atoms with van der Waals surface area (Å²) in [6, 6.07) is 16.2. The predicted molar refractivity (Wildman–Crippen MR) is 151 cm³/mol. The molecule has 9 heteroatoms. The Morgan fingerprint density at radius 1 is 1.06 bits per heavy atom. The number of nitrogens with zero attached hydrogens (tertiary/aromatic N) is 1. The van der Waals surface area contributed by atoms with Gasteiger partial charge in [-0.25, -0.2) is 0 Å². The lowest BCUT2D eigenvalue weighted by Gasteiger charge is -2.12. The normalized spacial score (nSPS) is 11.1. The molecule has 0 aliphatic heterocycles. The van der Waals surface area contributed by atoms with E-state index in [9.17, 15) is 10.1 Å². The number of amides is 1. The van der Waals surface area contributed by atoms with Crippen molar-refractivity contribution in [1.82, 2.24) is 0 Å². The average molecular weight is 724 g/mol. The quantitative estimate of drug-likeness (QED) is 0.158. The standard InChI is InChI=1S/C24H15Cl3I2N2O2/c1-13-17(25)3-2-4-22(13)31-24(32)16(11-30)7-15-9-20(28)23(21(29)10-15)33-12-14-5-6-18(26)19(27)8-14/h2-10H,12H2,1H3,(H,31,32)/b16-7+. The van der Waals surface area contributed by atoms with E-state index in [1.54, 1.807) is 43.3 Å². The van der Waals surface area contributed by atoms with Crippen molar-refractivity contribution in [3.05, 3.63) is 93.0 Å². The highest BCUT2D eigenvalue weighted by atomic mass is 127. The number of nitriles is 1. The van der Waals surface area contributed by atoms with Crippen LogP contribution in [0.15, 0.2) is 54.1 Å². The van der Waals surface area contributed by atoms with E-state index in [2.05, 4.69) is 50.5 Å². The van der Waals surface area contributed by atoms with Gasteiger partial charge in [0.2, 0.25) is 0 Å². The first kappa shape index (κ1) is 26.1. The van der Waals surface area contributed by atoms with Crippen LogP contribution >= 0.6 is 80.0 Å². The Kier molecular flexibility index (Phi) is 9.30. The first-order valence-electron chi connectivity index (χ1n) is 9.43. The van der Waals surface area contributed by atoms with Crippen molar-refractivity contribution in [2.75, 3.05) is 5.32 Å². The van der Waals surface area contributed by atoms with Gasteiger partial charge in [0.1, 0.15) is 24.0 Å². The van der Waals surface area contributed by atoms with Gasteiger partial charge in [0.15, 0.2) is 0 Å². The summed E-state index contributed by atoms with van der Waals surface area (Å²) < 4.78 is 7.68. The number of rotatable bonds is 6. The third-order valence-electron chi connectivity index (χ3n) is 4.58. The van der Waals surface area contributed by atoms with E-state index in [0.29, 0.717) is 38.7 Å². The van der Waals surface area contributed by atoms with Crippen molar-refractivity contribution in [3.8, 4) is 11.8 Å². The minimum Gasteiger partial charge on any atom is -0.487 e. The second-order valence-electron chi connectivity index (χ2n) is 6.89. The molecular formula is C24H15Cl3I2N2O2. The van der Waals surface area contributed by atoms with Crippen molar-refractivity contribution >= 4 is 97.7 Å². The Morgan fingerprint density at radius 3 is 2.39 bits per heavy atom. The molecule has 0 saturated heterocycles. The summed E-state index contributed by atoms with van der Waals surface area (Å²) in [6.07, 6.45) is 1.54. The van der Waals surface area contributed by atoms with Crippen molar-refractivity contribution in [1.29, 1.82) is 5.26 Å². The Morgan fingerprint density at radius 2 is 1.76 bits per heavy atom. The summed E-state index contributed by atoms with van der Waals surface area (Å²) in [6.45, 7) is 2.12. The molecule has 1 amide bonds. The molecule has 3 rings (SSSR count). The Hall–Kier alpha value is -1.51. The molecular weight excluding hydrogens is 708 g/mol. The number of hydrogen-bond acceptors (Lipinski definition) is 3. The molecule has 0 aliphatic carbocycles. The Balaban J connectivity index is 1.79. The monoisotopic (exact) mass is 722 g/mol. The number of carbonyl (C=O) groups excluding carboxylic acids is 1. The maximum absolute atomic E-state index is 12.7. The number of halogens is 5. The summed E-state index contributed by atoms with van der Waals surface area (Å²) in [5.74, 6) is 0.199. The highest BCUT2D eigenvalue weighted by Crippen LogP contribution is 2.31. The summed E-state index contributed by atoms with van der Waals surface area (Å²) in [5, 5.41) is 13.8. The van der Waals surface area contributed by atoms with Gasteiger partial charge in [0, 0.05) is 10.7 Å². The summed E-state index contributed by atoms with van der Waals surface area (Å²) in [5.41, 5.74) is 2.87. The fourth-order valence-electron chi connectivity index (χ4n) is 2.83. The second kappa shape index (κ2) is 11.8. The summed E-state index contributed by atoms with van der Waals surface area (Å²) in [7, 11) is 0. The second-order valence-corrected chi connectivity index (χ2v) is 10.4. The molecule has 0 heterocycles. The molecule has 33 heavy (non-hydrogen) atoms. The highest BCUT2D eigenvalue weighted by molar-refractivity contribution is 14.1. The molecule has 0 aromatic heterocycles. The molecule has 4 nitrogen and oxygen atoms in total. The van der Waals surface area contributed by atoms with Crippen LogP contribution in [-0.4, -0.2) is 5.91 Å². The van der Waals surface area contributed by atoms with Crippen molar-refractivity contribution in [2.24, 2.45) is 0 Å². The van der Waals surface area contributed by atoms with Gasteiger partial charge in [-0.3, -0.25) is 4.79 Å². The van der Waals surface area contributed by atoms with E-state index < -0.39 is 5.91 Å². The number of benzene rings is 3. The maximum Gasteiger partial charge on any atom is 0.266 e. The van der Waals surface area contributed by atoms with Crippen LogP contribution < -0.4 is 10.1 Å². The Bertz CT molecular complexity index is 1280. The number of ether oxygens (including phenoxy) is 1. The van der Waals surface area contributed by atoms with E-state index in [4.69, 9.17) is 39.5 Å². The van der Waals surface area contributed by atoms with Crippen LogP contribution in [0.1, 0.15) is 16.7 Å². The van der Waals surface area contributed by atoms with Crippen LogP contribution in [0.2, 0.25) is 15.1 Å². The average Bonchev–Trinajstić information content (AvgIpc) is 2.77. The third-order valence-corrected chi connectivity index (χ3v) is 7.33. The van der Waals surface area contributed by atoms with Gasteiger partial charge >= 0.3 is 0 Å². The highest BCUT2D eigenvalue weighted by Gasteiger charge is 2.14. The molecule has 0 saturated carbocycles. The lowest BCUT2D eigenvalue weighted by Crippen LogP contribution is -2.14. The topological polar surface area (TPSA) is 62.1 Å². The zero-order valence-corrected chi connectivity index (χ0v) is 23.6. The van der Waals surface area contributed by atoms with E-state index in [-0.39, 0.29) is 5.57 Å². The van der Waals surface area contributed by atoms with Crippen molar-refractivity contribution < 1.29 is 9.53 Å². The van der Waals surface area contributed by atoms with Gasteiger partial charge in [0.05, 0.1) is 17.2 Å². The molecule has 3 aromatic carbocycles. The first-order chi connectivity index (χ1) is 15.7. The number of anilines is 1. The zero-order valence-electron chi connectivity index (χ0n) is 17.1. The van der Waals surface area contributed by atoms with E-state index >= 15 is 0 Å². The fraction of sp³-hybridized carbons (Fsp3) is 0.0833. The van der Waals surface area contributed by atoms with Crippen LogP contribution in [0.25, 0.3) is 6.08 Å². The van der Waals surface area contributed by atoms with Crippen LogP contribution in [0, 0.1) is 25.4 Å². The fourth-order valence-corrected chi connectivity index (χ4v) is 5.46. The van der Waals surface area contributed by atoms with E-state index in [0.717, 1.165) is 18.3 Å². The lowest BCUT2D eigenvalue weighted by atomic mass is 10.1. The molecule has 0 bridgehead atoms. The molecule has 0 unspecified atom stereocenters. The van der Waals surface area contributed by atoms with Gasteiger partial charge in [0.25, 0.3) is 5.91 Å². The van der Waals surface area contributed by atoms with Crippen molar-refractivity contribution in [3.63, 3.8) is 0 Å². The summed E-state index contributed by atoms with van der Waals surface area (Å²) >= 11 is 22.5. The molecule has 0 spiro atoms. The smallest absolute Gasteiger partial charge is 0.266 e. The molecule has 0 aliphatic rings. The van der Waals surface area contributed by atoms with E-state index in [1.165, 1.54) is 0 Å².